The summed E-state index contributed by atoms with van der Waals surface area (Å²) >= 11 is 0. The number of aliphatic hydroxyl groups excluding tert-OH is 1. The highest BCUT2D eigenvalue weighted by atomic mass is 16.5. The van der Waals surface area contributed by atoms with Crippen LogP contribution in [0.25, 0.3) is 0 Å². The standard InChI is InChI=1S/C11H21NO3/c1-9(13)5-6-12(2)11(14)10-4-3-7-15-8-10/h9-10,13H,3-8H2,1-2H3. The largest absolute Gasteiger partial charge is 0.393 e. The number of aliphatic hydroxyl groups is 1. The van der Waals surface area contributed by atoms with E-state index in [0.29, 0.717) is 19.6 Å². The summed E-state index contributed by atoms with van der Waals surface area (Å²) in [4.78, 5) is 13.6. The Morgan fingerprint density at radius 2 is 2.40 bits per heavy atom. The highest BCUT2D eigenvalue weighted by molar-refractivity contribution is 5.78. The molecular formula is C11H21NO3. The van der Waals surface area contributed by atoms with Gasteiger partial charge in [-0.15, -0.1) is 0 Å². The van der Waals surface area contributed by atoms with E-state index >= 15 is 0 Å². The predicted octanol–water partition coefficient (Wildman–Crippen LogP) is 0.642. The lowest BCUT2D eigenvalue weighted by atomic mass is 10.0. The minimum atomic E-state index is -0.345. The third-order valence-electron chi connectivity index (χ3n) is 2.77. The minimum absolute atomic E-state index is 0.0257. The molecular weight excluding hydrogens is 194 g/mol. The topological polar surface area (TPSA) is 49.8 Å². The van der Waals surface area contributed by atoms with Crippen molar-refractivity contribution in [2.75, 3.05) is 26.8 Å². The summed E-state index contributed by atoms with van der Waals surface area (Å²) in [5.41, 5.74) is 0. The Labute approximate surface area is 91.2 Å². The van der Waals surface area contributed by atoms with Gasteiger partial charge in [0.2, 0.25) is 5.91 Å². The van der Waals surface area contributed by atoms with Crippen LogP contribution in [0.1, 0.15) is 26.2 Å². The van der Waals surface area contributed by atoms with Gasteiger partial charge < -0.3 is 14.7 Å². The Morgan fingerprint density at radius 1 is 1.67 bits per heavy atom. The van der Waals surface area contributed by atoms with Crippen LogP contribution in [0.5, 0.6) is 0 Å². The molecule has 1 N–H and O–H groups in total. The molecule has 0 aromatic carbocycles. The van der Waals surface area contributed by atoms with Crippen LogP contribution in [0.2, 0.25) is 0 Å². The molecule has 1 fully saturated rings. The average molecular weight is 215 g/mol. The van der Waals surface area contributed by atoms with Crippen molar-refractivity contribution in [1.29, 1.82) is 0 Å². The molecule has 2 unspecified atom stereocenters. The van der Waals surface area contributed by atoms with Crippen LogP contribution in [-0.4, -0.2) is 48.8 Å². The van der Waals surface area contributed by atoms with Crippen LogP contribution in [0.15, 0.2) is 0 Å². The second kappa shape index (κ2) is 6.08. The zero-order valence-corrected chi connectivity index (χ0v) is 9.61. The number of carbonyl (C=O) groups excluding carboxylic acids is 1. The second-order valence-electron chi connectivity index (χ2n) is 4.31. The van der Waals surface area contributed by atoms with E-state index in [2.05, 4.69) is 0 Å². The molecule has 0 aliphatic carbocycles. The molecule has 15 heavy (non-hydrogen) atoms. The number of hydrogen-bond donors (Lipinski definition) is 1. The molecule has 0 aromatic rings. The first-order valence-corrected chi connectivity index (χ1v) is 5.62. The van der Waals surface area contributed by atoms with Crippen molar-refractivity contribution in [2.45, 2.75) is 32.3 Å². The van der Waals surface area contributed by atoms with Gasteiger partial charge in [0.25, 0.3) is 0 Å². The monoisotopic (exact) mass is 215 g/mol. The van der Waals surface area contributed by atoms with Gasteiger partial charge in [0.15, 0.2) is 0 Å². The van der Waals surface area contributed by atoms with Gasteiger partial charge in [0.05, 0.1) is 18.6 Å². The van der Waals surface area contributed by atoms with Crippen LogP contribution in [0.3, 0.4) is 0 Å². The molecule has 0 radical (unpaired) electrons. The van der Waals surface area contributed by atoms with Crippen LogP contribution >= 0.6 is 0 Å². The maximum Gasteiger partial charge on any atom is 0.227 e. The Morgan fingerprint density at radius 3 is 2.93 bits per heavy atom. The lowest BCUT2D eigenvalue weighted by molar-refractivity contribution is -0.138. The van der Waals surface area contributed by atoms with E-state index in [1.807, 2.05) is 0 Å². The minimum Gasteiger partial charge on any atom is -0.393 e. The summed E-state index contributed by atoms with van der Waals surface area (Å²) in [6.45, 7) is 3.69. The smallest absolute Gasteiger partial charge is 0.227 e. The van der Waals surface area contributed by atoms with Crippen molar-refractivity contribution in [3.05, 3.63) is 0 Å². The zero-order chi connectivity index (χ0) is 11.3. The number of nitrogens with zero attached hydrogens (tertiary/aromatic N) is 1. The molecule has 0 saturated carbocycles. The first kappa shape index (κ1) is 12.5. The highest BCUT2D eigenvalue weighted by Crippen LogP contribution is 2.15. The van der Waals surface area contributed by atoms with E-state index in [9.17, 15) is 4.79 Å². The van der Waals surface area contributed by atoms with Crippen molar-refractivity contribution in [2.24, 2.45) is 5.92 Å². The Hall–Kier alpha value is -0.610. The predicted molar refractivity (Wildman–Crippen MR) is 57.5 cm³/mol. The molecule has 1 aliphatic rings. The number of rotatable bonds is 4. The fourth-order valence-electron chi connectivity index (χ4n) is 1.74. The van der Waals surface area contributed by atoms with Crippen LogP contribution in [-0.2, 0) is 9.53 Å². The Kier molecular flexibility index (Phi) is 5.05. The third-order valence-corrected chi connectivity index (χ3v) is 2.77. The van der Waals surface area contributed by atoms with Crippen LogP contribution in [0, 0.1) is 5.92 Å². The summed E-state index contributed by atoms with van der Waals surface area (Å²) in [7, 11) is 1.79. The quantitative estimate of drug-likeness (QED) is 0.749. The lowest BCUT2D eigenvalue weighted by Gasteiger charge is -2.26. The number of ether oxygens (including phenoxy) is 1. The molecule has 4 heteroatoms. The molecule has 88 valence electrons. The lowest BCUT2D eigenvalue weighted by Crippen LogP contribution is -2.38. The van der Waals surface area contributed by atoms with Gasteiger partial charge in [-0.05, 0) is 26.2 Å². The van der Waals surface area contributed by atoms with Crippen LogP contribution < -0.4 is 0 Å². The number of hydrogen-bond acceptors (Lipinski definition) is 3. The van der Waals surface area contributed by atoms with Gasteiger partial charge in [-0.2, -0.15) is 0 Å². The van der Waals surface area contributed by atoms with Gasteiger partial charge >= 0.3 is 0 Å². The first-order chi connectivity index (χ1) is 7.11. The second-order valence-corrected chi connectivity index (χ2v) is 4.31. The molecule has 0 aromatic heterocycles. The SMILES string of the molecule is CC(O)CCN(C)C(=O)C1CCCOC1. The fraction of sp³-hybridized carbons (Fsp3) is 0.909. The fourth-order valence-corrected chi connectivity index (χ4v) is 1.74. The summed E-state index contributed by atoms with van der Waals surface area (Å²) < 4.78 is 5.28. The van der Waals surface area contributed by atoms with Crippen molar-refractivity contribution >= 4 is 5.91 Å². The van der Waals surface area contributed by atoms with Crippen molar-refractivity contribution in [3.8, 4) is 0 Å². The summed E-state index contributed by atoms with van der Waals surface area (Å²) in [5.74, 6) is 0.174. The maximum atomic E-state index is 11.9. The number of carbonyl (C=O) groups is 1. The maximum absolute atomic E-state index is 11.9. The molecule has 0 spiro atoms. The van der Waals surface area contributed by atoms with E-state index in [0.717, 1.165) is 19.4 Å². The highest BCUT2D eigenvalue weighted by Gasteiger charge is 2.24. The molecule has 4 nitrogen and oxygen atoms in total. The zero-order valence-electron chi connectivity index (χ0n) is 9.61. The van der Waals surface area contributed by atoms with E-state index in [1.165, 1.54) is 0 Å². The van der Waals surface area contributed by atoms with E-state index in [-0.39, 0.29) is 17.9 Å². The van der Waals surface area contributed by atoms with Crippen molar-refractivity contribution < 1.29 is 14.6 Å². The van der Waals surface area contributed by atoms with Gasteiger partial charge in [-0.1, -0.05) is 0 Å². The van der Waals surface area contributed by atoms with Crippen molar-refractivity contribution in [1.82, 2.24) is 4.90 Å². The molecule has 0 bridgehead atoms. The van der Waals surface area contributed by atoms with Gasteiger partial charge in [0, 0.05) is 20.2 Å². The first-order valence-electron chi connectivity index (χ1n) is 5.62. The van der Waals surface area contributed by atoms with Gasteiger partial charge in [-0.3, -0.25) is 4.79 Å². The molecule has 1 saturated heterocycles. The molecule has 1 aliphatic heterocycles. The van der Waals surface area contributed by atoms with Gasteiger partial charge in [0.1, 0.15) is 0 Å². The summed E-state index contributed by atoms with van der Waals surface area (Å²) in [5, 5.41) is 9.13. The van der Waals surface area contributed by atoms with Crippen molar-refractivity contribution in [3.63, 3.8) is 0 Å². The van der Waals surface area contributed by atoms with E-state index in [1.54, 1.807) is 18.9 Å². The molecule has 2 atom stereocenters. The normalized spacial score (nSPS) is 23.5. The Bertz CT molecular complexity index is 200. The summed E-state index contributed by atoms with van der Waals surface area (Å²) in [6, 6.07) is 0. The molecule has 1 heterocycles. The third kappa shape index (κ3) is 4.18. The summed E-state index contributed by atoms with van der Waals surface area (Å²) in [6.07, 6.45) is 2.19. The number of amides is 1. The van der Waals surface area contributed by atoms with E-state index < -0.39 is 0 Å². The van der Waals surface area contributed by atoms with E-state index in [4.69, 9.17) is 9.84 Å². The Balaban J connectivity index is 2.30. The van der Waals surface area contributed by atoms with Crippen LogP contribution in [0.4, 0.5) is 0 Å². The molecule has 1 amide bonds. The van der Waals surface area contributed by atoms with Gasteiger partial charge in [-0.25, -0.2) is 0 Å². The average Bonchev–Trinajstić information content (AvgIpc) is 2.26. The molecule has 1 rings (SSSR count).